The molecule has 0 aliphatic carbocycles. The molecule has 3 aromatic rings. The van der Waals surface area contributed by atoms with E-state index in [9.17, 15) is 14.9 Å². The first-order valence-electron chi connectivity index (χ1n) is 7.08. The van der Waals surface area contributed by atoms with Crippen LogP contribution >= 0.6 is 0 Å². The first-order chi connectivity index (χ1) is 11.6. The van der Waals surface area contributed by atoms with Crippen LogP contribution in [0.25, 0.3) is 10.9 Å². The van der Waals surface area contributed by atoms with Crippen LogP contribution < -0.4 is 10.1 Å². The van der Waals surface area contributed by atoms with Crippen LogP contribution in [0, 0.1) is 10.1 Å². The molecule has 7 nitrogen and oxygen atoms in total. The molecule has 0 spiro atoms. The molecule has 0 saturated heterocycles. The fraction of sp³-hybridized carbons (Fsp3) is 0.0588. The molecule has 0 bridgehead atoms. The molecule has 0 saturated carbocycles. The molecule has 0 atom stereocenters. The third-order valence-electron chi connectivity index (χ3n) is 3.53. The number of carbonyl (C=O) groups excluding carboxylic acids is 1. The van der Waals surface area contributed by atoms with Crippen LogP contribution in [-0.2, 0) is 0 Å². The lowest BCUT2D eigenvalue weighted by Gasteiger charge is -2.11. The highest BCUT2D eigenvalue weighted by Gasteiger charge is 2.23. The van der Waals surface area contributed by atoms with Gasteiger partial charge in [-0.05, 0) is 24.3 Å². The number of aromatic nitrogens is 1. The van der Waals surface area contributed by atoms with Crippen molar-refractivity contribution in [3.63, 3.8) is 0 Å². The van der Waals surface area contributed by atoms with Crippen LogP contribution in [0.1, 0.15) is 10.4 Å². The number of ether oxygens (including phenoxy) is 1. The molecule has 1 N–H and O–H groups in total. The Morgan fingerprint density at radius 2 is 1.96 bits per heavy atom. The van der Waals surface area contributed by atoms with Crippen molar-refractivity contribution in [3.8, 4) is 5.75 Å². The molecule has 0 radical (unpaired) electrons. The smallest absolute Gasteiger partial charge is 0.298 e. The largest absolute Gasteiger partial charge is 0.496 e. The summed E-state index contributed by atoms with van der Waals surface area (Å²) in [6.45, 7) is 0. The van der Waals surface area contributed by atoms with Gasteiger partial charge >= 0.3 is 0 Å². The van der Waals surface area contributed by atoms with Gasteiger partial charge in [0, 0.05) is 17.1 Å². The van der Waals surface area contributed by atoms with Gasteiger partial charge in [-0.1, -0.05) is 18.2 Å². The molecular formula is C17H13N3O4. The van der Waals surface area contributed by atoms with Crippen LogP contribution in [0.4, 0.5) is 11.4 Å². The number of hydrogen-bond acceptors (Lipinski definition) is 5. The zero-order chi connectivity index (χ0) is 17.1. The summed E-state index contributed by atoms with van der Waals surface area (Å²) in [4.78, 5) is 27.4. The van der Waals surface area contributed by atoms with E-state index in [0.29, 0.717) is 22.2 Å². The maximum Gasteiger partial charge on any atom is 0.298 e. The minimum Gasteiger partial charge on any atom is -0.496 e. The Bertz CT molecular complexity index is 926. The summed E-state index contributed by atoms with van der Waals surface area (Å²) in [7, 11) is 1.42. The van der Waals surface area contributed by atoms with Crippen molar-refractivity contribution in [2.24, 2.45) is 0 Å². The Morgan fingerprint density at radius 3 is 2.62 bits per heavy atom. The van der Waals surface area contributed by atoms with Gasteiger partial charge in [-0.25, -0.2) is 0 Å². The molecule has 120 valence electrons. The number of hydrogen-bond donors (Lipinski definition) is 1. The fourth-order valence-corrected chi connectivity index (χ4v) is 2.41. The van der Waals surface area contributed by atoms with Crippen LogP contribution in [0.2, 0.25) is 0 Å². The first kappa shape index (κ1) is 15.4. The van der Waals surface area contributed by atoms with E-state index >= 15 is 0 Å². The average molecular weight is 323 g/mol. The quantitative estimate of drug-likeness (QED) is 0.586. The van der Waals surface area contributed by atoms with Gasteiger partial charge in [0.05, 0.1) is 18.1 Å². The zero-order valence-corrected chi connectivity index (χ0v) is 12.7. The molecule has 24 heavy (non-hydrogen) atoms. The lowest BCUT2D eigenvalue weighted by Crippen LogP contribution is -2.14. The van der Waals surface area contributed by atoms with E-state index < -0.39 is 10.8 Å². The average Bonchev–Trinajstić information content (AvgIpc) is 2.62. The standard InChI is InChI=1S/C17H13N3O4/c1-24-14-10-13(20(22)23)16(15-12(14)8-5-9-18-15)19-17(21)11-6-3-2-4-7-11/h2-10H,1H3,(H,19,21). The maximum atomic E-state index is 12.4. The number of rotatable bonds is 4. The van der Waals surface area contributed by atoms with Gasteiger partial charge in [0.15, 0.2) is 0 Å². The summed E-state index contributed by atoms with van der Waals surface area (Å²) in [5, 5.41) is 14.6. The van der Waals surface area contributed by atoms with Crippen LogP contribution in [0.5, 0.6) is 5.75 Å². The number of amides is 1. The lowest BCUT2D eigenvalue weighted by molar-refractivity contribution is -0.383. The summed E-state index contributed by atoms with van der Waals surface area (Å²) in [5.74, 6) is -0.127. The molecule has 0 aliphatic heterocycles. The highest BCUT2D eigenvalue weighted by atomic mass is 16.6. The van der Waals surface area contributed by atoms with Crippen LogP contribution in [-0.4, -0.2) is 22.9 Å². The Balaban J connectivity index is 2.17. The van der Waals surface area contributed by atoms with E-state index in [4.69, 9.17) is 4.74 Å². The number of nitrogens with one attached hydrogen (secondary N) is 1. The molecule has 0 aliphatic rings. The Labute approximate surface area is 137 Å². The van der Waals surface area contributed by atoms with Crippen molar-refractivity contribution in [3.05, 3.63) is 70.4 Å². The zero-order valence-electron chi connectivity index (χ0n) is 12.7. The summed E-state index contributed by atoms with van der Waals surface area (Å²) < 4.78 is 5.21. The highest BCUT2D eigenvalue weighted by Crippen LogP contribution is 2.38. The highest BCUT2D eigenvalue weighted by molar-refractivity contribution is 6.11. The topological polar surface area (TPSA) is 94.4 Å². The van der Waals surface area contributed by atoms with Crippen LogP contribution in [0.3, 0.4) is 0 Å². The first-order valence-corrected chi connectivity index (χ1v) is 7.08. The van der Waals surface area contributed by atoms with Gasteiger partial charge in [-0.15, -0.1) is 0 Å². The second-order valence-electron chi connectivity index (χ2n) is 4.95. The number of nitrogens with zero attached hydrogens (tertiary/aromatic N) is 2. The second kappa shape index (κ2) is 6.33. The summed E-state index contributed by atoms with van der Waals surface area (Å²) in [6.07, 6.45) is 1.50. The number of nitro groups is 1. The molecular weight excluding hydrogens is 310 g/mol. The van der Waals surface area contributed by atoms with Crippen LogP contribution in [0.15, 0.2) is 54.7 Å². The van der Waals surface area contributed by atoms with Gasteiger partial charge in [0.1, 0.15) is 17.0 Å². The van der Waals surface area contributed by atoms with E-state index in [1.165, 1.54) is 19.4 Å². The van der Waals surface area contributed by atoms with Crippen molar-refractivity contribution in [1.29, 1.82) is 0 Å². The predicted molar refractivity (Wildman–Crippen MR) is 89.3 cm³/mol. The minimum absolute atomic E-state index is 0.0465. The van der Waals surface area contributed by atoms with E-state index in [-0.39, 0.29) is 11.4 Å². The van der Waals surface area contributed by atoms with Crippen molar-refractivity contribution in [1.82, 2.24) is 4.98 Å². The molecule has 1 heterocycles. The minimum atomic E-state index is -0.572. The van der Waals surface area contributed by atoms with Crippen molar-refractivity contribution in [2.45, 2.75) is 0 Å². The molecule has 3 rings (SSSR count). The predicted octanol–water partition coefficient (Wildman–Crippen LogP) is 3.40. The molecule has 2 aromatic carbocycles. The van der Waals surface area contributed by atoms with E-state index in [0.717, 1.165) is 0 Å². The van der Waals surface area contributed by atoms with E-state index in [2.05, 4.69) is 10.3 Å². The summed E-state index contributed by atoms with van der Waals surface area (Å²) in [5.41, 5.74) is 0.465. The van der Waals surface area contributed by atoms with Gasteiger partial charge in [-0.2, -0.15) is 0 Å². The Hall–Kier alpha value is -3.48. The number of pyridine rings is 1. The Kier molecular flexibility index (Phi) is 4.07. The van der Waals surface area contributed by atoms with E-state index in [1.54, 1.807) is 42.5 Å². The molecule has 1 aromatic heterocycles. The summed E-state index contributed by atoms with van der Waals surface area (Å²) >= 11 is 0. The number of nitro benzene ring substituents is 1. The number of fused-ring (bicyclic) bond motifs is 1. The number of benzene rings is 2. The normalized spacial score (nSPS) is 10.4. The monoisotopic (exact) mass is 323 g/mol. The fourth-order valence-electron chi connectivity index (χ4n) is 2.41. The van der Waals surface area contributed by atoms with Gasteiger partial charge in [0.2, 0.25) is 0 Å². The van der Waals surface area contributed by atoms with Gasteiger partial charge < -0.3 is 10.1 Å². The molecule has 0 unspecified atom stereocenters. The lowest BCUT2D eigenvalue weighted by atomic mass is 10.1. The molecule has 7 heteroatoms. The van der Waals surface area contributed by atoms with Crippen molar-refractivity contribution in [2.75, 3.05) is 12.4 Å². The Morgan fingerprint density at radius 1 is 1.21 bits per heavy atom. The molecule has 1 amide bonds. The van der Waals surface area contributed by atoms with Gasteiger partial charge in [-0.3, -0.25) is 19.9 Å². The van der Waals surface area contributed by atoms with Gasteiger partial charge in [0.25, 0.3) is 11.6 Å². The van der Waals surface area contributed by atoms with Crippen molar-refractivity contribution >= 4 is 28.2 Å². The van der Waals surface area contributed by atoms with E-state index in [1.807, 2.05) is 0 Å². The number of anilines is 1. The third kappa shape index (κ3) is 2.74. The second-order valence-corrected chi connectivity index (χ2v) is 4.95. The number of carbonyl (C=O) groups is 1. The third-order valence-corrected chi connectivity index (χ3v) is 3.53. The number of methoxy groups -OCH3 is 1. The SMILES string of the molecule is COc1cc([N+](=O)[O-])c(NC(=O)c2ccccc2)c2ncccc12. The molecule has 0 fully saturated rings. The van der Waals surface area contributed by atoms with Crippen molar-refractivity contribution < 1.29 is 14.5 Å². The summed E-state index contributed by atoms with van der Waals surface area (Å²) in [6, 6.07) is 13.2. The maximum absolute atomic E-state index is 12.4.